The van der Waals surface area contributed by atoms with Crippen molar-refractivity contribution in [2.75, 3.05) is 0 Å². The highest BCUT2D eigenvalue weighted by Crippen LogP contribution is 2.56. The molecule has 0 fully saturated rings. The zero-order chi connectivity index (χ0) is 43.8. The maximum atomic E-state index is 2.56. The Kier molecular flexibility index (Phi) is 14.7. The van der Waals surface area contributed by atoms with Crippen LogP contribution in [0.1, 0.15) is 223 Å². The number of benzene rings is 5. The lowest BCUT2D eigenvalue weighted by Gasteiger charge is -2.38. The van der Waals surface area contributed by atoms with Gasteiger partial charge in [0.2, 0.25) is 0 Å². The molecule has 5 aromatic carbocycles. The Balaban J connectivity index is 2.13. The van der Waals surface area contributed by atoms with Crippen LogP contribution >= 0.6 is 7.92 Å². The lowest BCUT2D eigenvalue weighted by molar-refractivity contribution is 0.793. The molecule has 316 valence electrons. The molecule has 0 N–H and O–H groups in total. The zero-order valence-corrected chi connectivity index (χ0v) is 41.5. The predicted octanol–water partition coefficient (Wildman–Crippen LogP) is 17.9. The van der Waals surface area contributed by atoms with Gasteiger partial charge in [-0.2, -0.15) is 0 Å². The quantitative estimate of drug-likeness (QED) is 0.104. The fourth-order valence-corrected chi connectivity index (χ4v) is 12.4. The molecule has 0 saturated carbocycles. The van der Waals surface area contributed by atoms with Crippen molar-refractivity contribution in [2.45, 2.75) is 184 Å². The fraction of sp³-hybridized carbons (Fsp3) is 0.483. The molecule has 0 aliphatic rings. The molecule has 0 aromatic heterocycles. The minimum atomic E-state index is -0.955. The monoisotopic (exact) mass is 807 g/mol. The van der Waals surface area contributed by atoms with E-state index < -0.39 is 7.92 Å². The van der Waals surface area contributed by atoms with E-state index in [4.69, 9.17) is 0 Å². The van der Waals surface area contributed by atoms with Crippen molar-refractivity contribution in [3.8, 4) is 33.4 Å². The van der Waals surface area contributed by atoms with Crippen molar-refractivity contribution in [2.24, 2.45) is 0 Å². The molecule has 0 nitrogen and oxygen atoms in total. The van der Waals surface area contributed by atoms with Gasteiger partial charge in [-0.1, -0.05) is 216 Å². The lowest BCUT2D eigenvalue weighted by atomic mass is 9.79. The first-order chi connectivity index (χ1) is 27.6. The van der Waals surface area contributed by atoms with E-state index in [9.17, 15) is 0 Å². The van der Waals surface area contributed by atoms with Crippen LogP contribution in [0.25, 0.3) is 33.4 Å². The van der Waals surface area contributed by atoms with E-state index in [0.717, 1.165) is 0 Å². The fourth-order valence-electron chi connectivity index (χ4n) is 9.28. The molecule has 5 rings (SSSR count). The van der Waals surface area contributed by atoms with Gasteiger partial charge in [-0.05, 0) is 149 Å². The molecule has 0 aliphatic carbocycles. The van der Waals surface area contributed by atoms with E-state index in [2.05, 4.69) is 216 Å². The maximum absolute atomic E-state index is 2.56. The molecular weight excluding hydrogens is 728 g/mol. The third-order valence-corrected chi connectivity index (χ3v) is 15.7. The summed E-state index contributed by atoms with van der Waals surface area (Å²) in [5.41, 5.74) is 20.3. The Labute approximate surface area is 363 Å². The molecule has 0 amide bonds. The second kappa shape index (κ2) is 18.7. The van der Waals surface area contributed by atoms with E-state index in [1.165, 1.54) is 88.5 Å². The Morgan fingerprint density at radius 2 is 0.644 bits per heavy atom. The van der Waals surface area contributed by atoms with Gasteiger partial charge in [0.15, 0.2) is 0 Å². The van der Waals surface area contributed by atoms with Crippen LogP contribution in [-0.4, -0.2) is 5.16 Å². The third-order valence-electron chi connectivity index (χ3n) is 12.5. The van der Waals surface area contributed by atoms with Crippen molar-refractivity contribution in [1.29, 1.82) is 0 Å². The molecule has 0 heterocycles. The molecule has 0 aliphatic heterocycles. The lowest BCUT2D eigenvalue weighted by Crippen LogP contribution is -2.30. The second-order valence-electron chi connectivity index (χ2n) is 20.9. The Bertz CT molecular complexity index is 2050. The van der Waals surface area contributed by atoms with Crippen LogP contribution in [-0.2, 0) is 0 Å². The molecule has 0 radical (unpaired) electrons. The highest BCUT2D eigenvalue weighted by atomic mass is 31.1. The van der Waals surface area contributed by atoms with E-state index in [0.29, 0.717) is 47.3 Å². The normalized spacial score (nSPS) is 13.1. The zero-order valence-electron chi connectivity index (χ0n) is 40.6. The maximum Gasteiger partial charge on any atom is -0.00332 e. The van der Waals surface area contributed by atoms with Crippen LogP contribution in [0.4, 0.5) is 0 Å². The Morgan fingerprint density at radius 3 is 0.966 bits per heavy atom. The molecule has 59 heavy (non-hydrogen) atoms. The third kappa shape index (κ3) is 9.55. The van der Waals surface area contributed by atoms with Gasteiger partial charge >= 0.3 is 0 Å². The van der Waals surface area contributed by atoms with Crippen LogP contribution in [0.5, 0.6) is 0 Å². The van der Waals surface area contributed by atoms with Gasteiger partial charge in [0, 0.05) is 0 Å². The van der Waals surface area contributed by atoms with Crippen molar-refractivity contribution < 1.29 is 0 Å². The smallest absolute Gasteiger partial charge is 0.00332 e. The highest BCUT2D eigenvalue weighted by Gasteiger charge is 2.37. The average molecular weight is 807 g/mol. The van der Waals surface area contributed by atoms with Gasteiger partial charge in [-0.25, -0.2) is 0 Å². The summed E-state index contributed by atoms with van der Waals surface area (Å²) in [4.78, 5) is 0. The first kappa shape index (κ1) is 46.6. The van der Waals surface area contributed by atoms with Crippen LogP contribution < -0.4 is 10.6 Å². The number of hydrogen-bond acceptors (Lipinski definition) is 0. The molecule has 1 unspecified atom stereocenters. The number of rotatable bonds is 13. The first-order valence-electron chi connectivity index (χ1n) is 23.1. The molecule has 5 aromatic rings. The van der Waals surface area contributed by atoms with Crippen LogP contribution in [0.15, 0.2) is 84.9 Å². The summed E-state index contributed by atoms with van der Waals surface area (Å²) in [7, 11) is -0.955. The van der Waals surface area contributed by atoms with Gasteiger partial charge in [0.05, 0.1) is 0 Å². The largest absolute Gasteiger partial charge is 0.0617 e. The minimum Gasteiger partial charge on any atom is -0.0617 e. The van der Waals surface area contributed by atoms with Crippen LogP contribution in [0.3, 0.4) is 0 Å². The summed E-state index contributed by atoms with van der Waals surface area (Å²) < 4.78 is 0. The summed E-state index contributed by atoms with van der Waals surface area (Å²) in [6.45, 7) is 45.8. The molecular formula is C58H79P. The van der Waals surface area contributed by atoms with Crippen LogP contribution in [0.2, 0.25) is 0 Å². The summed E-state index contributed by atoms with van der Waals surface area (Å²) in [5, 5.41) is 2.96. The second-order valence-corrected chi connectivity index (χ2v) is 23.9. The minimum absolute atomic E-state index is 0.0667. The molecule has 0 bridgehead atoms. The summed E-state index contributed by atoms with van der Waals surface area (Å²) in [5.74, 6) is 3.23. The number of hydrogen-bond donors (Lipinski definition) is 0. The van der Waals surface area contributed by atoms with E-state index in [-0.39, 0.29) is 5.16 Å². The predicted molar refractivity (Wildman–Crippen MR) is 268 cm³/mol. The summed E-state index contributed by atoms with van der Waals surface area (Å²) >= 11 is 0. The summed E-state index contributed by atoms with van der Waals surface area (Å²) in [6, 6.07) is 34.3. The Hall–Kier alpha value is -3.47. The van der Waals surface area contributed by atoms with Gasteiger partial charge in [-0.15, -0.1) is 0 Å². The van der Waals surface area contributed by atoms with Crippen molar-refractivity contribution >= 4 is 18.5 Å². The highest BCUT2D eigenvalue weighted by molar-refractivity contribution is 7.75. The van der Waals surface area contributed by atoms with Gasteiger partial charge in [0.25, 0.3) is 0 Å². The average Bonchev–Trinajstić information content (AvgIpc) is 3.16. The first-order valence-corrected chi connectivity index (χ1v) is 24.4. The summed E-state index contributed by atoms with van der Waals surface area (Å²) in [6.07, 6.45) is 0. The van der Waals surface area contributed by atoms with E-state index >= 15 is 0 Å². The standard InChI is InChI=1S/C58H79P/c1-34(2)42-30-49(38(9)10)55(50(31-42)39(11)12)47-27-23-28-48(56-51(40(13)14)32-43(35(3)4)33-52(56)41(15)16)57(47)59(58(17,18)19)53-29-21-20-24-46(53)54-44(36(5)6)25-22-26-45(54)37(7)8/h20-41H,1-19H3. The van der Waals surface area contributed by atoms with Gasteiger partial charge in [0.1, 0.15) is 0 Å². The molecule has 1 atom stereocenters. The van der Waals surface area contributed by atoms with E-state index in [1.807, 2.05) is 0 Å². The van der Waals surface area contributed by atoms with Crippen molar-refractivity contribution in [3.63, 3.8) is 0 Å². The van der Waals surface area contributed by atoms with Crippen LogP contribution in [0, 0.1) is 0 Å². The topological polar surface area (TPSA) is 0 Å². The van der Waals surface area contributed by atoms with Crippen molar-refractivity contribution in [1.82, 2.24) is 0 Å². The van der Waals surface area contributed by atoms with Gasteiger partial charge < -0.3 is 0 Å². The molecule has 1 heteroatoms. The SMILES string of the molecule is CC(C)c1cc(C(C)C)c(-c2cccc(-c3c(C(C)C)cc(C(C)C)cc3C(C)C)c2P(c2ccccc2-c2c(C(C)C)cccc2C(C)C)C(C)(C)C)c(C(C)C)c1. The van der Waals surface area contributed by atoms with E-state index in [1.54, 1.807) is 0 Å². The Morgan fingerprint density at radius 1 is 0.339 bits per heavy atom. The van der Waals surface area contributed by atoms with Crippen molar-refractivity contribution in [3.05, 3.63) is 129 Å². The van der Waals surface area contributed by atoms with Gasteiger partial charge in [-0.3, -0.25) is 0 Å². The molecule has 0 spiro atoms. The molecule has 0 saturated heterocycles.